The Balaban J connectivity index is 1.78. The molecule has 170 valence electrons. The van der Waals surface area contributed by atoms with Crippen LogP contribution in [0.1, 0.15) is 85.0 Å². The first-order valence-electron chi connectivity index (χ1n) is 12.1. The van der Waals surface area contributed by atoms with Crippen LogP contribution in [0.15, 0.2) is 12.2 Å². The lowest BCUT2D eigenvalue weighted by Crippen LogP contribution is -2.46. The zero-order valence-corrected chi connectivity index (χ0v) is 19.1. The van der Waals surface area contributed by atoms with Crippen LogP contribution in [0.2, 0.25) is 0 Å². The minimum Gasteiger partial charge on any atom is -0.396 e. The number of carbonyl (C=O) groups excluding carboxylic acids is 2. The second kappa shape index (κ2) is 10.4. The minimum absolute atomic E-state index is 0.0130. The first-order chi connectivity index (χ1) is 14.3. The van der Waals surface area contributed by atoms with Crippen LogP contribution in [-0.2, 0) is 14.3 Å². The lowest BCUT2D eigenvalue weighted by Gasteiger charge is -2.31. The fourth-order valence-electron chi connectivity index (χ4n) is 5.62. The molecule has 1 amide bonds. The van der Waals surface area contributed by atoms with Crippen LogP contribution >= 0.6 is 0 Å². The van der Waals surface area contributed by atoms with Crippen molar-refractivity contribution >= 4 is 11.7 Å². The highest BCUT2D eigenvalue weighted by molar-refractivity contribution is 5.91. The molecule has 1 N–H and O–H groups in total. The Hall–Kier alpha value is -1.20. The lowest BCUT2D eigenvalue weighted by molar-refractivity contribution is -0.142. The summed E-state index contributed by atoms with van der Waals surface area (Å²) in [6.07, 6.45) is 13.7. The van der Waals surface area contributed by atoms with E-state index in [4.69, 9.17) is 4.74 Å². The number of hydrogen-bond donors (Lipinski definition) is 1. The SMILES string of the molecule is C[C@H]1CCCC/C=C/CCCC[C@@H](CO)CC(=O)[C@@H]2[C@H]3CC(C)(C)OC3CN2C1=O. The number of Topliss-reactive ketones (excluding diaryl/α,β-unsaturated/α-hetero) is 1. The molecule has 0 aromatic carbocycles. The van der Waals surface area contributed by atoms with Crippen LogP contribution < -0.4 is 0 Å². The Labute approximate surface area is 182 Å². The van der Waals surface area contributed by atoms with Crippen molar-refractivity contribution in [2.45, 2.75) is 103 Å². The maximum Gasteiger partial charge on any atom is 0.226 e. The molecule has 0 radical (unpaired) electrons. The monoisotopic (exact) mass is 419 g/mol. The lowest BCUT2D eigenvalue weighted by atomic mass is 9.84. The highest BCUT2D eigenvalue weighted by Gasteiger charge is 2.55. The van der Waals surface area contributed by atoms with Gasteiger partial charge in [0.15, 0.2) is 5.78 Å². The van der Waals surface area contributed by atoms with Crippen LogP contribution in [0.25, 0.3) is 0 Å². The maximum atomic E-state index is 13.4. The number of rotatable bonds is 1. The van der Waals surface area contributed by atoms with Crippen LogP contribution in [0.4, 0.5) is 0 Å². The zero-order valence-electron chi connectivity index (χ0n) is 19.1. The van der Waals surface area contributed by atoms with Gasteiger partial charge in [-0.25, -0.2) is 0 Å². The van der Waals surface area contributed by atoms with E-state index in [-0.39, 0.29) is 47.8 Å². The van der Waals surface area contributed by atoms with Crippen molar-refractivity contribution in [2.75, 3.05) is 13.2 Å². The van der Waals surface area contributed by atoms with Crippen LogP contribution in [0, 0.1) is 17.8 Å². The van der Waals surface area contributed by atoms with Gasteiger partial charge < -0.3 is 14.7 Å². The number of amides is 1. The van der Waals surface area contributed by atoms with E-state index < -0.39 is 6.04 Å². The van der Waals surface area contributed by atoms with Gasteiger partial charge in [-0.2, -0.15) is 0 Å². The van der Waals surface area contributed by atoms with E-state index in [0.717, 1.165) is 57.8 Å². The summed E-state index contributed by atoms with van der Waals surface area (Å²) in [6, 6.07) is -0.391. The van der Waals surface area contributed by atoms with Gasteiger partial charge in [-0.1, -0.05) is 31.9 Å². The second-order valence-electron chi connectivity index (χ2n) is 10.4. The largest absolute Gasteiger partial charge is 0.396 e. The van der Waals surface area contributed by atoms with Gasteiger partial charge in [0, 0.05) is 31.4 Å². The molecule has 2 saturated heterocycles. The number of aliphatic hydroxyl groups excluding tert-OH is 1. The number of carbonyl (C=O) groups is 2. The molecule has 2 fully saturated rings. The van der Waals surface area contributed by atoms with Crippen LogP contribution in [0.5, 0.6) is 0 Å². The molecular formula is C25H41NO4. The molecule has 0 spiro atoms. The molecule has 0 saturated carbocycles. The number of ether oxygens (including phenoxy) is 1. The maximum absolute atomic E-state index is 13.4. The quantitative estimate of drug-likeness (QED) is 0.645. The number of nitrogens with zero attached hydrogens (tertiary/aromatic N) is 1. The average molecular weight is 420 g/mol. The second-order valence-corrected chi connectivity index (χ2v) is 10.4. The van der Waals surface area contributed by atoms with E-state index in [1.165, 1.54) is 0 Å². The third-order valence-electron chi connectivity index (χ3n) is 7.23. The molecule has 3 aliphatic rings. The van der Waals surface area contributed by atoms with Crippen LogP contribution in [0.3, 0.4) is 0 Å². The summed E-state index contributed by atoms with van der Waals surface area (Å²) in [5, 5.41) is 9.87. The van der Waals surface area contributed by atoms with Gasteiger partial charge >= 0.3 is 0 Å². The van der Waals surface area contributed by atoms with E-state index in [2.05, 4.69) is 26.0 Å². The molecule has 0 aromatic rings. The molecule has 0 aromatic heterocycles. The van der Waals surface area contributed by atoms with E-state index in [1.54, 1.807) is 0 Å². The molecule has 0 aliphatic carbocycles. The van der Waals surface area contributed by atoms with E-state index in [1.807, 2.05) is 11.8 Å². The zero-order chi connectivity index (χ0) is 21.7. The van der Waals surface area contributed by atoms with Gasteiger partial charge in [0.2, 0.25) is 5.91 Å². The van der Waals surface area contributed by atoms with Gasteiger partial charge in [0.05, 0.1) is 17.7 Å². The summed E-state index contributed by atoms with van der Waals surface area (Å²) >= 11 is 0. The smallest absolute Gasteiger partial charge is 0.226 e. The van der Waals surface area contributed by atoms with Gasteiger partial charge in [0.25, 0.3) is 0 Å². The van der Waals surface area contributed by atoms with Crippen LogP contribution in [-0.4, -0.2) is 52.6 Å². The topological polar surface area (TPSA) is 66.8 Å². The van der Waals surface area contributed by atoms with Crippen molar-refractivity contribution in [1.29, 1.82) is 0 Å². The van der Waals surface area contributed by atoms with Crippen molar-refractivity contribution in [3.05, 3.63) is 12.2 Å². The number of allylic oxidation sites excluding steroid dienone is 2. The highest BCUT2D eigenvalue weighted by atomic mass is 16.5. The summed E-state index contributed by atoms with van der Waals surface area (Å²) in [4.78, 5) is 28.6. The van der Waals surface area contributed by atoms with E-state index >= 15 is 0 Å². The average Bonchev–Trinajstić information content (AvgIpc) is 3.18. The predicted molar refractivity (Wildman–Crippen MR) is 118 cm³/mol. The van der Waals surface area contributed by atoms with Gasteiger partial charge in [-0.05, 0) is 64.7 Å². The summed E-state index contributed by atoms with van der Waals surface area (Å²) < 4.78 is 6.23. The predicted octanol–water partition coefficient (Wildman–Crippen LogP) is 4.28. The third-order valence-corrected chi connectivity index (χ3v) is 7.23. The van der Waals surface area contributed by atoms with Crippen molar-refractivity contribution in [3.8, 4) is 0 Å². The Morgan fingerprint density at radius 2 is 1.77 bits per heavy atom. The van der Waals surface area contributed by atoms with E-state index in [9.17, 15) is 14.7 Å². The molecular weight excluding hydrogens is 378 g/mol. The molecule has 3 heterocycles. The molecule has 30 heavy (non-hydrogen) atoms. The fourth-order valence-corrected chi connectivity index (χ4v) is 5.62. The molecule has 3 aliphatic heterocycles. The first-order valence-corrected chi connectivity index (χ1v) is 12.1. The van der Waals surface area contributed by atoms with Crippen molar-refractivity contribution in [2.24, 2.45) is 17.8 Å². The molecule has 0 bridgehead atoms. The third kappa shape index (κ3) is 5.73. The van der Waals surface area contributed by atoms with E-state index in [0.29, 0.717) is 13.0 Å². The van der Waals surface area contributed by atoms with Crippen molar-refractivity contribution in [1.82, 2.24) is 4.90 Å². The molecule has 5 atom stereocenters. The Morgan fingerprint density at radius 1 is 1.10 bits per heavy atom. The summed E-state index contributed by atoms with van der Waals surface area (Å²) in [6.45, 7) is 6.72. The molecule has 5 heteroatoms. The number of hydrogen-bond acceptors (Lipinski definition) is 4. The number of aliphatic hydroxyl groups is 1. The Kier molecular flexibility index (Phi) is 8.14. The standard InChI is InChI=1S/C25H41NO4/c1-18-12-10-8-6-4-5-7-9-11-13-19(17-27)14-21(28)23-20-15-25(2,3)30-22(20)16-26(23)24(18)29/h4-5,18-20,22-23,27H,6-17H2,1-3H3/b5-4+/t18-,19+,20-,22?,23-/m0/s1. The van der Waals surface area contributed by atoms with Crippen molar-refractivity contribution < 1.29 is 19.4 Å². The normalized spacial score (nSPS) is 37.5. The summed E-state index contributed by atoms with van der Waals surface area (Å²) in [7, 11) is 0. The van der Waals surface area contributed by atoms with Crippen molar-refractivity contribution in [3.63, 3.8) is 0 Å². The minimum atomic E-state index is -0.391. The summed E-state index contributed by atoms with van der Waals surface area (Å²) in [5.41, 5.74) is -0.243. The Morgan fingerprint density at radius 3 is 2.43 bits per heavy atom. The molecule has 3 rings (SSSR count). The molecule has 5 nitrogen and oxygen atoms in total. The Bertz CT molecular complexity index is 629. The van der Waals surface area contributed by atoms with Gasteiger partial charge in [-0.15, -0.1) is 0 Å². The fraction of sp³-hybridized carbons (Fsp3) is 0.840. The number of ketones is 1. The van der Waals surface area contributed by atoms with Gasteiger partial charge in [0.1, 0.15) is 0 Å². The summed E-state index contributed by atoms with van der Waals surface area (Å²) in [5.74, 6) is 0.216. The highest BCUT2D eigenvalue weighted by Crippen LogP contribution is 2.44. The molecule has 1 unspecified atom stereocenters. The number of fused-ring (bicyclic) bond motifs is 3. The first kappa shape index (κ1) is 23.5. The van der Waals surface area contributed by atoms with Gasteiger partial charge in [-0.3, -0.25) is 9.59 Å².